The maximum absolute atomic E-state index is 8.68. The Morgan fingerprint density at radius 1 is 1.53 bits per heavy atom. The highest BCUT2D eigenvalue weighted by Crippen LogP contribution is 2.23. The highest BCUT2D eigenvalue weighted by atomic mass is 16.4. The normalized spacial score (nSPS) is 12.9. The van der Waals surface area contributed by atoms with Crippen LogP contribution in [0.1, 0.15) is 38.9 Å². The third kappa shape index (κ3) is 4.90. The van der Waals surface area contributed by atoms with Crippen LogP contribution >= 0.6 is 0 Å². The molecule has 0 amide bonds. The molecule has 1 aromatic rings. The molecule has 0 radical (unpaired) electrons. The summed E-state index contributed by atoms with van der Waals surface area (Å²) in [5, 5.41) is 15.1. The third-order valence-corrected chi connectivity index (χ3v) is 3.41. The number of oxime groups is 1. The molecule has 0 saturated heterocycles. The molecular formula is C13H25N5O. The first-order valence-corrected chi connectivity index (χ1v) is 6.62. The van der Waals surface area contributed by atoms with Gasteiger partial charge in [0.25, 0.3) is 0 Å². The molecule has 0 saturated carbocycles. The van der Waals surface area contributed by atoms with Crippen molar-refractivity contribution in [3.8, 4) is 0 Å². The van der Waals surface area contributed by atoms with Gasteiger partial charge in [0, 0.05) is 24.9 Å². The lowest BCUT2D eigenvalue weighted by Crippen LogP contribution is -2.32. The van der Waals surface area contributed by atoms with Gasteiger partial charge in [-0.1, -0.05) is 25.4 Å². The minimum atomic E-state index is -0.242. The van der Waals surface area contributed by atoms with E-state index in [-0.39, 0.29) is 5.41 Å². The molecule has 0 bridgehead atoms. The predicted octanol–water partition coefficient (Wildman–Crippen LogP) is 1.45. The molecule has 6 nitrogen and oxygen atoms in total. The number of nitrogens with one attached hydrogen (secondary N) is 1. The fourth-order valence-corrected chi connectivity index (χ4v) is 1.85. The Morgan fingerprint density at radius 2 is 2.26 bits per heavy atom. The minimum Gasteiger partial charge on any atom is -0.409 e. The number of imidazole rings is 1. The quantitative estimate of drug-likeness (QED) is 0.219. The van der Waals surface area contributed by atoms with Gasteiger partial charge in [-0.15, -0.1) is 0 Å². The summed E-state index contributed by atoms with van der Waals surface area (Å²) in [4.78, 5) is 4.25. The summed E-state index contributed by atoms with van der Waals surface area (Å²) in [6, 6.07) is 0. The number of nitrogens with zero attached hydrogens (tertiary/aromatic N) is 3. The SMILES string of the molecule is Cn1ccnc1CNCCCCC(C)(C)/C(N)=N/O. The maximum Gasteiger partial charge on any atom is 0.144 e. The topological polar surface area (TPSA) is 88.5 Å². The van der Waals surface area contributed by atoms with Gasteiger partial charge < -0.3 is 20.8 Å². The molecule has 0 aliphatic rings. The molecule has 0 unspecified atom stereocenters. The number of aryl methyl sites for hydroxylation is 1. The smallest absolute Gasteiger partial charge is 0.144 e. The summed E-state index contributed by atoms with van der Waals surface area (Å²) < 4.78 is 2.01. The molecule has 19 heavy (non-hydrogen) atoms. The van der Waals surface area contributed by atoms with E-state index in [9.17, 15) is 0 Å². The van der Waals surface area contributed by atoms with Crippen LogP contribution in [0.25, 0.3) is 0 Å². The Balaban J connectivity index is 2.14. The van der Waals surface area contributed by atoms with Gasteiger partial charge in [0.15, 0.2) is 0 Å². The van der Waals surface area contributed by atoms with E-state index in [2.05, 4.69) is 15.5 Å². The van der Waals surface area contributed by atoms with E-state index in [0.29, 0.717) is 5.84 Å². The summed E-state index contributed by atoms with van der Waals surface area (Å²) in [5.74, 6) is 1.34. The van der Waals surface area contributed by atoms with E-state index in [0.717, 1.165) is 38.2 Å². The number of rotatable bonds is 8. The van der Waals surface area contributed by atoms with Crippen molar-refractivity contribution in [3.05, 3.63) is 18.2 Å². The zero-order valence-electron chi connectivity index (χ0n) is 12.1. The van der Waals surface area contributed by atoms with Crippen molar-refractivity contribution >= 4 is 5.84 Å². The van der Waals surface area contributed by atoms with Crippen LogP contribution in [0.4, 0.5) is 0 Å². The van der Waals surface area contributed by atoms with Crippen molar-refractivity contribution in [2.75, 3.05) is 6.54 Å². The van der Waals surface area contributed by atoms with Gasteiger partial charge in [-0.2, -0.15) is 0 Å². The molecular weight excluding hydrogens is 242 g/mol. The molecule has 0 aromatic carbocycles. The minimum absolute atomic E-state index is 0.242. The number of amidine groups is 1. The molecule has 0 aliphatic heterocycles. The Labute approximate surface area is 114 Å². The van der Waals surface area contributed by atoms with E-state index in [1.165, 1.54) is 0 Å². The van der Waals surface area contributed by atoms with Crippen molar-refractivity contribution in [2.45, 2.75) is 39.7 Å². The summed E-state index contributed by atoms with van der Waals surface area (Å²) in [6.45, 7) is 5.71. The van der Waals surface area contributed by atoms with E-state index >= 15 is 0 Å². The number of unbranched alkanes of at least 4 members (excludes halogenated alkanes) is 1. The second-order valence-corrected chi connectivity index (χ2v) is 5.46. The van der Waals surface area contributed by atoms with E-state index in [1.54, 1.807) is 6.20 Å². The maximum atomic E-state index is 8.68. The second kappa shape index (κ2) is 7.13. The number of hydrogen-bond acceptors (Lipinski definition) is 4. The van der Waals surface area contributed by atoms with Crippen molar-refractivity contribution in [1.82, 2.24) is 14.9 Å². The Bertz CT molecular complexity index is 411. The first kappa shape index (κ1) is 15.5. The van der Waals surface area contributed by atoms with Crippen molar-refractivity contribution < 1.29 is 5.21 Å². The molecule has 4 N–H and O–H groups in total. The second-order valence-electron chi connectivity index (χ2n) is 5.46. The first-order valence-electron chi connectivity index (χ1n) is 6.62. The summed E-state index contributed by atoms with van der Waals surface area (Å²) in [7, 11) is 1.99. The first-order chi connectivity index (χ1) is 8.97. The highest BCUT2D eigenvalue weighted by molar-refractivity contribution is 5.85. The lowest BCUT2D eigenvalue weighted by Gasteiger charge is -2.22. The summed E-state index contributed by atoms with van der Waals surface area (Å²) in [6.07, 6.45) is 6.75. The molecule has 1 aromatic heterocycles. The highest BCUT2D eigenvalue weighted by Gasteiger charge is 2.22. The predicted molar refractivity (Wildman–Crippen MR) is 76.0 cm³/mol. The molecule has 6 heteroatoms. The number of hydrogen-bond donors (Lipinski definition) is 3. The average molecular weight is 267 g/mol. The standard InChI is InChI=1S/C13H25N5O/c1-13(2,12(14)17-19)6-4-5-7-15-10-11-16-8-9-18(11)3/h8-9,15,19H,4-7,10H2,1-3H3,(H2,14,17). The lowest BCUT2D eigenvalue weighted by molar-refractivity contribution is 0.304. The van der Waals surface area contributed by atoms with Crippen molar-refractivity contribution in [2.24, 2.45) is 23.4 Å². The van der Waals surface area contributed by atoms with Crippen molar-refractivity contribution in [1.29, 1.82) is 0 Å². The van der Waals surface area contributed by atoms with Gasteiger partial charge in [-0.25, -0.2) is 4.98 Å². The molecule has 0 aliphatic carbocycles. The van der Waals surface area contributed by atoms with Gasteiger partial charge in [-0.3, -0.25) is 0 Å². The number of nitrogens with two attached hydrogens (primary N) is 1. The van der Waals surface area contributed by atoms with Gasteiger partial charge in [0.1, 0.15) is 11.7 Å². The molecule has 108 valence electrons. The number of aromatic nitrogens is 2. The average Bonchev–Trinajstić information content (AvgIpc) is 2.78. The molecule has 1 heterocycles. The van der Waals surface area contributed by atoms with Crippen LogP contribution in [-0.2, 0) is 13.6 Å². The largest absolute Gasteiger partial charge is 0.409 e. The van der Waals surface area contributed by atoms with E-state index in [1.807, 2.05) is 31.7 Å². The monoisotopic (exact) mass is 267 g/mol. The van der Waals surface area contributed by atoms with Gasteiger partial charge in [0.2, 0.25) is 0 Å². The Hall–Kier alpha value is -1.56. The van der Waals surface area contributed by atoms with Crippen LogP contribution in [0.2, 0.25) is 0 Å². The van der Waals surface area contributed by atoms with Crippen LogP contribution in [0.5, 0.6) is 0 Å². The van der Waals surface area contributed by atoms with Gasteiger partial charge in [-0.05, 0) is 19.4 Å². The zero-order chi connectivity index (χ0) is 14.3. The third-order valence-electron chi connectivity index (χ3n) is 3.41. The van der Waals surface area contributed by atoms with Crippen LogP contribution in [0.3, 0.4) is 0 Å². The van der Waals surface area contributed by atoms with Crippen molar-refractivity contribution in [3.63, 3.8) is 0 Å². The van der Waals surface area contributed by atoms with E-state index in [4.69, 9.17) is 10.9 Å². The van der Waals surface area contributed by atoms with Crippen LogP contribution < -0.4 is 11.1 Å². The lowest BCUT2D eigenvalue weighted by atomic mass is 9.86. The molecule has 0 spiro atoms. The summed E-state index contributed by atoms with van der Waals surface area (Å²) >= 11 is 0. The Kier molecular flexibility index (Phi) is 5.82. The van der Waals surface area contributed by atoms with Crippen LogP contribution in [-0.4, -0.2) is 27.1 Å². The van der Waals surface area contributed by atoms with Crippen LogP contribution in [0, 0.1) is 5.41 Å². The molecule has 0 atom stereocenters. The van der Waals surface area contributed by atoms with Crippen LogP contribution in [0.15, 0.2) is 17.5 Å². The van der Waals surface area contributed by atoms with Gasteiger partial charge in [0.05, 0.1) is 6.54 Å². The fourth-order valence-electron chi connectivity index (χ4n) is 1.85. The molecule has 0 fully saturated rings. The van der Waals surface area contributed by atoms with E-state index < -0.39 is 0 Å². The summed E-state index contributed by atoms with van der Waals surface area (Å²) in [5.41, 5.74) is 5.40. The zero-order valence-corrected chi connectivity index (χ0v) is 12.1. The fraction of sp³-hybridized carbons (Fsp3) is 0.692. The molecule has 1 rings (SSSR count). The van der Waals surface area contributed by atoms with Gasteiger partial charge >= 0.3 is 0 Å². The Morgan fingerprint density at radius 3 is 2.84 bits per heavy atom.